The average Bonchev–Trinajstić information content (AvgIpc) is 2.33. The Morgan fingerprint density at radius 3 is 2.37 bits per heavy atom. The highest BCUT2D eigenvalue weighted by Gasteiger charge is 2.32. The molecule has 0 spiro atoms. The third-order valence-electron chi connectivity index (χ3n) is 4.55. The molecular weight excluding hydrogens is 234 g/mol. The molecule has 1 fully saturated rings. The second-order valence-electron chi connectivity index (χ2n) is 7.63. The molecular formula is C17H35NO. The van der Waals surface area contributed by atoms with Gasteiger partial charge in [-0.3, -0.25) is 0 Å². The first kappa shape index (κ1) is 17.0. The Morgan fingerprint density at radius 2 is 1.84 bits per heavy atom. The minimum atomic E-state index is 0.227. The van der Waals surface area contributed by atoms with E-state index in [1.54, 1.807) is 0 Å². The van der Waals surface area contributed by atoms with Gasteiger partial charge in [0.15, 0.2) is 0 Å². The molecule has 0 bridgehead atoms. The molecule has 0 saturated heterocycles. The van der Waals surface area contributed by atoms with Crippen LogP contribution in [0.15, 0.2) is 0 Å². The normalized spacial score (nSPS) is 28.9. The fourth-order valence-corrected chi connectivity index (χ4v) is 3.15. The zero-order chi connectivity index (χ0) is 14.5. The van der Waals surface area contributed by atoms with Gasteiger partial charge in [0.1, 0.15) is 0 Å². The molecule has 19 heavy (non-hydrogen) atoms. The van der Waals surface area contributed by atoms with Crippen molar-refractivity contribution in [3.63, 3.8) is 0 Å². The Balaban J connectivity index is 2.52. The van der Waals surface area contributed by atoms with Crippen LogP contribution in [0.3, 0.4) is 0 Å². The highest BCUT2D eigenvalue weighted by atomic mass is 16.5. The van der Waals surface area contributed by atoms with Crippen LogP contribution < -0.4 is 5.32 Å². The summed E-state index contributed by atoms with van der Waals surface area (Å²) < 4.78 is 5.74. The van der Waals surface area contributed by atoms with Crippen LogP contribution >= 0.6 is 0 Å². The molecule has 0 amide bonds. The summed E-state index contributed by atoms with van der Waals surface area (Å²) in [6.45, 7) is 16.6. The molecule has 1 aliphatic carbocycles. The van der Waals surface area contributed by atoms with Gasteiger partial charge in [-0.2, -0.15) is 0 Å². The van der Waals surface area contributed by atoms with E-state index in [9.17, 15) is 0 Å². The average molecular weight is 269 g/mol. The van der Waals surface area contributed by atoms with Gasteiger partial charge >= 0.3 is 0 Å². The number of ether oxygens (including phenoxy) is 1. The first-order valence-electron chi connectivity index (χ1n) is 8.16. The fourth-order valence-electron chi connectivity index (χ4n) is 3.15. The maximum absolute atomic E-state index is 5.74. The molecule has 0 aromatic carbocycles. The first-order valence-corrected chi connectivity index (χ1v) is 8.16. The SMILES string of the molecule is CCOCC1CC(C(C)C)CCC1CNC(C)(C)C. The van der Waals surface area contributed by atoms with Gasteiger partial charge in [-0.25, -0.2) is 0 Å². The monoisotopic (exact) mass is 269 g/mol. The van der Waals surface area contributed by atoms with E-state index in [1.807, 2.05) is 0 Å². The van der Waals surface area contributed by atoms with Gasteiger partial charge in [0.2, 0.25) is 0 Å². The molecule has 3 atom stereocenters. The van der Waals surface area contributed by atoms with E-state index in [-0.39, 0.29) is 5.54 Å². The van der Waals surface area contributed by atoms with E-state index < -0.39 is 0 Å². The van der Waals surface area contributed by atoms with Crippen LogP contribution in [0.4, 0.5) is 0 Å². The lowest BCUT2D eigenvalue weighted by Gasteiger charge is -2.39. The van der Waals surface area contributed by atoms with E-state index in [4.69, 9.17) is 4.74 Å². The number of hydrogen-bond acceptors (Lipinski definition) is 2. The van der Waals surface area contributed by atoms with E-state index in [0.29, 0.717) is 0 Å². The second-order valence-corrected chi connectivity index (χ2v) is 7.63. The van der Waals surface area contributed by atoms with Crippen LogP contribution in [0.5, 0.6) is 0 Å². The van der Waals surface area contributed by atoms with E-state index >= 15 is 0 Å². The molecule has 2 nitrogen and oxygen atoms in total. The first-order chi connectivity index (χ1) is 8.83. The van der Waals surface area contributed by atoms with Crippen LogP contribution in [-0.4, -0.2) is 25.3 Å². The largest absolute Gasteiger partial charge is 0.381 e. The summed E-state index contributed by atoms with van der Waals surface area (Å²) in [5.74, 6) is 3.26. The standard InChI is InChI=1S/C17H35NO/c1-7-19-12-16-10-14(13(2)3)8-9-15(16)11-18-17(4,5)6/h13-16,18H,7-12H2,1-6H3. The molecule has 0 heterocycles. The zero-order valence-corrected chi connectivity index (χ0v) is 14.0. The van der Waals surface area contributed by atoms with Crippen LogP contribution in [-0.2, 0) is 4.74 Å². The number of hydrogen-bond donors (Lipinski definition) is 1. The van der Waals surface area contributed by atoms with Crippen LogP contribution in [0.25, 0.3) is 0 Å². The highest BCUT2D eigenvalue weighted by molar-refractivity contribution is 4.84. The Morgan fingerprint density at radius 1 is 1.16 bits per heavy atom. The quantitative estimate of drug-likeness (QED) is 0.784. The molecule has 1 rings (SSSR count). The summed E-state index contributed by atoms with van der Waals surface area (Å²) >= 11 is 0. The molecule has 1 N–H and O–H groups in total. The van der Waals surface area contributed by atoms with Gasteiger partial charge in [-0.1, -0.05) is 13.8 Å². The zero-order valence-electron chi connectivity index (χ0n) is 14.0. The molecule has 114 valence electrons. The van der Waals surface area contributed by atoms with Crippen molar-refractivity contribution in [1.29, 1.82) is 0 Å². The minimum Gasteiger partial charge on any atom is -0.381 e. The fraction of sp³-hybridized carbons (Fsp3) is 1.00. The maximum Gasteiger partial charge on any atom is 0.0497 e. The summed E-state index contributed by atoms with van der Waals surface area (Å²) in [4.78, 5) is 0. The van der Waals surface area contributed by atoms with Crippen molar-refractivity contribution in [2.45, 2.75) is 66.3 Å². The lowest BCUT2D eigenvalue weighted by molar-refractivity contribution is 0.0407. The van der Waals surface area contributed by atoms with Crippen LogP contribution in [0.2, 0.25) is 0 Å². The van der Waals surface area contributed by atoms with Crippen molar-refractivity contribution in [3.8, 4) is 0 Å². The third-order valence-corrected chi connectivity index (χ3v) is 4.55. The third kappa shape index (κ3) is 6.27. The topological polar surface area (TPSA) is 21.3 Å². The molecule has 0 radical (unpaired) electrons. The summed E-state index contributed by atoms with van der Waals surface area (Å²) in [5.41, 5.74) is 0.227. The van der Waals surface area contributed by atoms with Gasteiger partial charge in [0.25, 0.3) is 0 Å². The molecule has 0 aliphatic heterocycles. The number of nitrogens with one attached hydrogen (secondary N) is 1. The van der Waals surface area contributed by atoms with Crippen molar-refractivity contribution >= 4 is 0 Å². The second kappa shape index (κ2) is 7.64. The van der Waals surface area contributed by atoms with Gasteiger partial charge in [-0.05, 0) is 77.2 Å². The van der Waals surface area contributed by atoms with E-state index in [2.05, 4.69) is 46.9 Å². The summed E-state index contributed by atoms with van der Waals surface area (Å²) in [6, 6.07) is 0. The minimum absolute atomic E-state index is 0.227. The van der Waals surface area contributed by atoms with Crippen LogP contribution in [0, 0.1) is 23.7 Å². The van der Waals surface area contributed by atoms with Crippen molar-refractivity contribution < 1.29 is 4.74 Å². The van der Waals surface area contributed by atoms with Gasteiger partial charge < -0.3 is 10.1 Å². The number of rotatable bonds is 6. The smallest absolute Gasteiger partial charge is 0.0497 e. The summed E-state index contributed by atoms with van der Waals surface area (Å²) in [6.07, 6.45) is 4.12. The lowest BCUT2D eigenvalue weighted by atomic mass is 9.70. The van der Waals surface area contributed by atoms with E-state index in [1.165, 1.54) is 19.3 Å². The summed E-state index contributed by atoms with van der Waals surface area (Å²) in [7, 11) is 0. The Hall–Kier alpha value is -0.0800. The maximum atomic E-state index is 5.74. The predicted octanol–water partition coefficient (Wildman–Crippen LogP) is 4.10. The molecule has 0 aromatic rings. The molecule has 3 unspecified atom stereocenters. The van der Waals surface area contributed by atoms with Crippen molar-refractivity contribution in [2.75, 3.05) is 19.8 Å². The summed E-state index contributed by atoms with van der Waals surface area (Å²) in [5, 5.41) is 3.69. The molecule has 0 aromatic heterocycles. The van der Waals surface area contributed by atoms with Crippen molar-refractivity contribution in [3.05, 3.63) is 0 Å². The Kier molecular flexibility index (Phi) is 6.82. The molecule has 2 heteroatoms. The van der Waals surface area contributed by atoms with Crippen LogP contribution in [0.1, 0.15) is 60.8 Å². The molecule has 1 aliphatic rings. The van der Waals surface area contributed by atoms with Gasteiger partial charge in [0.05, 0.1) is 0 Å². The Labute approximate surface area is 120 Å². The van der Waals surface area contributed by atoms with Crippen molar-refractivity contribution in [1.82, 2.24) is 5.32 Å². The van der Waals surface area contributed by atoms with Gasteiger partial charge in [-0.15, -0.1) is 0 Å². The predicted molar refractivity (Wildman–Crippen MR) is 83.4 cm³/mol. The van der Waals surface area contributed by atoms with E-state index in [0.717, 1.165) is 43.4 Å². The lowest BCUT2D eigenvalue weighted by Crippen LogP contribution is -2.43. The molecule has 1 saturated carbocycles. The Bertz CT molecular complexity index is 244. The van der Waals surface area contributed by atoms with Crippen molar-refractivity contribution in [2.24, 2.45) is 23.7 Å². The highest BCUT2D eigenvalue weighted by Crippen LogP contribution is 2.37. The van der Waals surface area contributed by atoms with Gasteiger partial charge in [0, 0.05) is 18.8 Å².